The number of alkyl halides is 3. The van der Waals surface area contributed by atoms with Crippen LogP contribution < -0.4 is 0 Å². The molecule has 0 saturated heterocycles. The molecule has 6 nitrogen and oxygen atoms in total. The molecule has 1 aromatic carbocycles. The van der Waals surface area contributed by atoms with Gasteiger partial charge in [-0.15, -0.1) is 0 Å². The van der Waals surface area contributed by atoms with Crippen LogP contribution in [-0.2, 0) is 23.0 Å². The summed E-state index contributed by atoms with van der Waals surface area (Å²) in [5, 5.41) is 8.80. The number of hydrogen-bond acceptors (Lipinski definition) is 4. The van der Waals surface area contributed by atoms with Crippen LogP contribution in [-0.4, -0.2) is 29.8 Å². The normalized spacial score (nSPS) is 12.9. The molecule has 10 heteroatoms. The molecule has 2 aromatic rings. The largest absolute Gasteiger partial charge is 0.478 e. The number of hydrogen-bond donors (Lipinski definition) is 2. The quantitative estimate of drug-likeness (QED) is 0.826. The van der Waals surface area contributed by atoms with E-state index in [2.05, 4.69) is 9.97 Å². The molecule has 1 atom stereocenters. The van der Waals surface area contributed by atoms with Crippen molar-refractivity contribution >= 4 is 17.0 Å². The maximum atomic E-state index is 12.9. The second-order valence-electron chi connectivity index (χ2n) is 4.40. The number of aromatic nitrogens is 2. The van der Waals surface area contributed by atoms with Crippen LogP contribution in [0.1, 0.15) is 21.9 Å². The Morgan fingerprint density at radius 2 is 1.78 bits per heavy atom. The van der Waals surface area contributed by atoms with Gasteiger partial charge in [0.15, 0.2) is 11.1 Å². The molecule has 0 radical (unpaired) electrons. The van der Waals surface area contributed by atoms with Crippen molar-refractivity contribution in [2.45, 2.75) is 11.9 Å². The third-order valence-corrected chi connectivity index (χ3v) is 3.25. The van der Waals surface area contributed by atoms with E-state index in [0.29, 0.717) is 6.07 Å². The SMILES string of the molecule is O=C(O)c1ccc(-c2cc(C(F)(F)F)nc(CS(=O)O)n2)cc1. The van der Waals surface area contributed by atoms with Crippen molar-refractivity contribution in [3.63, 3.8) is 0 Å². The van der Waals surface area contributed by atoms with E-state index in [9.17, 15) is 22.2 Å². The average molecular weight is 346 g/mol. The number of carboxylic acids is 1. The van der Waals surface area contributed by atoms with E-state index in [-0.39, 0.29) is 16.8 Å². The van der Waals surface area contributed by atoms with Gasteiger partial charge in [0, 0.05) is 5.56 Å². The number of nitrogens with zero attached hydrogens (tertiary/aromatic N) is 2. The van der Waals surface area contributed by atoms with Crippen molar-refractivity contribution in [3.05, 3.63) is 47.4 Å². The maximum absolute atomic E-state index is 12.9. The van der Waals surface area contributed by atoms with E-state index in [1.54, 1.807) is 0 Å². The molecule has 0 aliphatic carbocycles. The zero-order valence-corrected chi connectivity index (χ0v) is 12.1. The molecule has 0 amide bonds. The highest BCUT2D eigenvalue weighted by Gasteiger charge is 2.33. The summed E-state index contributed by atoms with van der Waals surface area (Å²) in [4.78, 5) is 17.8. The molecule has 1 unspecified atom stereocenters. The van der Waals surface area contributed by atoms with Gasteiger partial charge in [0.2, 0.25) is 0 Å². The Kier molecular flexibility index (Phi) is 4.76. The van der Waals surface area contributed by atoms with E-state index in [1.807, 2.05) is 0 Å². The highest BCUT2D eigenvalue weighted by Crippen LogP contribution is 2.30. The van der Waals surface area contributed by atoms with Gasteiger partial charge in [0.1, 0.15) is 17.3 Å². The lowest BCUT2D eigenvalue weighted by molar-refractivity contribution is -0.141. The van der Waals surface area contributed by atoms with Gasteiger partial charge in [0.25, 0.3) is 0 Å². The summed E-state index contributed by atoms with van der Waals surface area (Å²) in [5.41, 5.74) is -1.17. The predicted octanol–water partition coefficient (Wildman–Crippen LogP) is 2.58. The van der Waals surface area contributed by atoms with Gasteiger partial charge in [-0.25, -0.2) is 19.0 Å². The number of halogens is 3. The van der Waals surface area contributed by atoms with Crippen LogP contribution in [0.25, 0.3) is 11.3 Å². The molecular formula is C13H9F3N2O4S. The Hall–Kier alpha value is -2.33. The Morgan fingerprint density at radius 1 is 1.17 bits per heavy atom. The molecule has 23 heavy (non-hydrogen) atoms. The average Bonchev–Trinajstić information content (AvgIpc) is 2.45. The van der Waals surface area contributed by atoms with Crippen molar-refractivity contribution in [2.75, 3.05) is 0 Å². The molecule has 1 heterocycles. The fourth-order valence-corrected chi connectivity index (χ4v) is 2.10. The molecule has 0 fully saturated rings. The lowest BCUT2D eigenvalue weighted by atomic mass is 10.1. The first-order valence-corrected chi connectivity index (χ1v) is 7.31. The standard InChI is InChI=1S/C13H9F3N2O4S/c14-13(15,16)10-5-9(17-11(18-10)6-23(21)22)7-1-3-8(4-2-7)12(19)20/h1-5H,6H2,(H,19,20)(H,21,22). The third kappa shape index (κ3) is 4.33. The molecule has 0 aliphatic heterocycles. The number of benzene rings is 1. The van der Waals surface area contributed by atoms with Crippen molar-refractivity contribution in [1.29, 1.82) is 0 Å². The van der Waals surface area contributed by atoms with E-state index in [0.717, 1.165) is 0 Å². The molecule has 2 rings (SSSR count). The maximum Gasteiger partial charge on any atom is 0.433 e. The van der Waals surface area contributed by atoms with Crippen molar-refractivity contribution in [2.24, 2.45) is 0 Å². The van der Waals surface area contributed by atoms with Gasteiger partial charge in [0.05, 0.1) is 11.3 Å². The second-order valence-corrected chi connectivity index (χ2v) is 5.33. The van der Waals surface area contributed by atoms with Gasteiger partial charge < -0.3 is 9.66 Å². The van der Waals surface area contributed by atoms with E-state index >= 15 is 0 Å². The number of carbonyl (C=O) groups is 1. The Balaban J connectivity index is 2.51. The summed E-state index contributed by atoms with van der Waals surface area (Å²) in [7, 11) is 0. The van der Waals surface area contributed by atoms with Gasteiger partial charge >= 0.3 is 12.1 Å². The van der Waals surface area contributed by atoms with Crippen LogP contribution in [0.2, 0.25) is 0 Å². The lowest BCUT2D eigenvalue weighted by Gasteiger charge is -2.10. The van der Waals surface area contributed by atoms with Gasteiger partial charge in [-0.1, -0.05) is 12.1 Å². The van der Waals surface area contributed by atoms with Crippen LogP contribution in [0.5, 0.6) is 0 Å². The molecular weight excluding hydrogens is 337 g/mol. The zero-order valence-electron chi connectivity index (χ0n) is 11.2. The minimum atomic E-state index is -4.75. The fraction of sp³-hybridized carbons (Fsp3) is 0.154. The van der Waals surface area contributed by atoms with Crippen molar-refractivity contribution in [1.82, 2.24) is 9.97 Å². The third-order valence-electron chi connectivity index (χ3n) is 2.74. The molecule has 0 bridgehead atoms. The van der Waals surface area contributed by atoms with Crippen LogP contribution in [0.3, 0.4) is 0 Å². The van der Waals surface area contributed by atoms with Crippen molar-refractivity contribution < 1.29 is 31.8 Å². The summed E-state index contributed by atoms with van der Waals surface area (Å²) in [6.07, 6.45) is -4.75. The Bertz CT molecular complexity index is 763. The summed E-state index contributed by atoms with van der Waals surface area (Å²) < 4.78 is 58.2. The van der Waals surface area contributed by atoms with Crippen LogP contribution in [0.4, 0.5) is 13.2 Å². The molecule has 0 spiro atoms. The minimum Gasteiger partial charge on any atom is -0.478 e. The minimum absolute atomic E-state index is 0.0319. The second kappa shape index (κ2) is 6.42. The monoisotopic (exact) mass is 346 g/mol. The predicted molar refractivity (Wildman–Crippen MR) is 73.9 cm³/mol. The van der Waals surface area contributed by atoms with E-state index in [1.165, 1.54) is 24.3 Å². The summed E-state index contributed by atoms with van der Waals surface area (Å²) >= 11 is -2.40. The van der Waals surface area contributed by atoms with Crippen molar-refractivity contribution in [3.8, 4) is 11.3 Å². The molecule has 0 aliphatic rings. The first-order valence-electron chi connectivity index (χ1n) is 6.03. The van der Waals surface area contributed by atoms with E-state index < -0.39 is 40.5 Å². The highest BCUT2D eigenvalue weighted by atomic mass is 32.2. The number of rotatable bonds is 4. The Labute approximate surface area is 130 Å². The molecule has 2 N–H and O–H groups in total. The first kappa shape index (κ1) is 17.0. The topological polar surface area (TPSA) is 100 Å². The van der Waals surface area contributed by atoms with E-state index in [4.69, 9.17) is 9.66 Å². The molecule has 122 valence electrons. The summed E-state index contributed by atoms with van der Waals surface area (Å²) in [5.74, 6) is -2.26. The highest BCUT2D eigenvalue weighted by molar-refractivity contribution is 7.78. The van der Waals surface area contributed by atoms with Crippen LogP contribution in [0.15, 0.2) is 30.3 Å². The van der Waals surface area contributed by atoms with Gasteiger partial charge in [-0.05, 0) is 18.2 Å². The van der Waals surface area contributed by atoms with Gasteiger partial charge in [-0.3, -0.25) is 0 Å². The number of carboxylic acid groups (broad SMARTS) is 1. The first-order chi connectivity index (χ1) is 10.7. The number of aromatic carboxylic acids is 1. The van der Waals surface area contributed by atoms with Gasteiger partial charge in [-0.2, -0.15) is 13.2 Å². The summed E-state index contributed by atoms with van der Waals surface area (Å²) in [6, 6.07) is 5.73. The lowest BCUT2D eigenvalue weighted by Crippen LogP contribution is -2.12. The van der Waals surface area contributed by atoms with Crippen LogP contribution >= 0.6 is 0 Å². The molecule has 0 saturated carbocycles. The van der Waals surface area contributed by atoms with Crippen LogP contribution in [0, 0.1) is 0 Å². The fourth-order valence-electron chi connectivity index (χ4n) is 1.75. The summed E-state index contributed by atoms with van der Waals surface area (Å²) in [6.45, 7) is 0. The molecule has 1 aromatic heterocycles. The Morgan fingerprint density at radius 3 is 2.26 bits per heavy atom. The zero-order chi connectivity index (χ0) is 17.2. The smallest absolute Gasteiger partial charge is 0.433 e.